The zero-order valence-corrected chi connectivity index (χ0v) is 11.1. The number of rotatable bonds is 2. The van der Waals surface area contributed by atoms with Gasteiger partial charge in [-0.1, -0.05) is 12.1 Å². The highest BCUT2D eigenvalue weighted by atomic mass is 15.3. The van der Waals surface area contributed by atoms with Gasteiger partial charge in [0.2, 0.25) is 0 Å². The normalized spacial score (nSPS) is 23.8. The van der Waals surface area contributed by atoms with Crippen LogP contribution in [0.2, 0.25) is 0 Å². The second-order valence-electron chi connectivity index (χ2n) is 5.16. The zero-order chi connectivity index (χ0) is 12.4. The Bertz CT molecular complexity index is 358. The second-order valence-corrected chi connectivity index (χ2v) is 5.16. The molecular weight excluding hydrogens is 210 g/mol. The maximum absolute atomic E-state index is 5.86. The standard InChI is InChI=1S/C14H23N3/c1-11-10-17(9-8-16(11)3)14-6-4-13(5-7-14)12(2)15/h4-7,11-12H,8-10,15H2,1-3H3. The van der Waals surface area contributed by atoms with Crippen LogP contribution in [-0.2, 0) is 0 Å². The van der Waals surface area contributed by atoms with Crippen molar-refractivity contribution in [3.8, 4) is 0 Å². The van der Waals surface area contributed by atoms with E-state index in [0.717, 1.165) is 19.6 Å². The Morgan fingerprint density at radius 2 is 1.88 bits per heavy atom. The number of likely N-dealkylation sites (N-methyl/N-ethyl adjacent to an activating group) is 1. The van der Waals surface area contributed by atoms with E-state index < -0.39 is 0 Å². The summed E-state index contributed by atoms with van der Waals surface area (Å²) in [4.78, 5) is 4.86. The summed E-state index contributed by atoms with van der Waals surface area (Å²) in [7, 11) is 2.20. The molecule has 3 heteroatoms. The molecule has 94 valence electrons. The molecule has 3 nitrogen and oxygen atoms in total. The number of piperazine rings is 1. The lowest BCUT2D eigenvalue weighted by Crippen LogP contribution is -2.50. The van der Waals surface area contributed by atoms with E-state index in [1.54, 1.807) is 0 Å². The average Bonchev–Trinajstić information content (AvgIpc) is 2.33. The van der Waals surface area contributed by atoms with Gasteiger partial charge in [0, 0.05) is 37.4 Å². The molecule has 1 aromatic rings. The van der Waals surface area contributed by atoms with Gasteiger partial charge in [-0.05, 0) is 38.6 Å². The average molecular weight is 233 g/mol. The summed E-state index contributed by atoms with van der Waals surface area (Å²) < 4.78 is 0. The summed E-state index contributed by atoms with van der Waals surface area (Å²) in [6.45, 7) is 7.65. The largest absolute Gasteiger partial charge is 0.369 e. The van der Waals surface area contributed by atoms with Crippen LogP contribution in [0.3, 0.4) is 0 Å². The highest BCUT2D eigenvalue weighted by Crippen LogP contribution is 2.20. The van der Waals surface area contributed by atoms with Crippen molar-refractivity contribution in [1.82, 2.24) is 4.90 Å². The van der Waals surface area contributed by atoms with Crippen LogP contribution in [0.5, 0.6) is 0 Å². The Kier molecular flexibility index (Phi) is 3.69. The van der Waals surface area contributed by atoms with Gasteiger partial charge in [0.25, 0.3) is 0 Å². The van der Waals surface area contributed by atoms with Crippen molar-refractivity contribution in [1.29, 1.82) is 0 Å². The molecule has 1 heterocycles. The zero-order valence-electron chi connectivity index (χ0n) is 11.1. The molecule has 0 amide bonds. The molecule has 2 rings (SSSR count). The monoisotopic (exact) mass is 233 g/mol. The molecule has 1 fully saturated rings. The Labute approximate surface area is 104 Å². The summed E-state index contributed by atoms with van der Waals surface area (Å²) >= 11 is 0. The van der Waals surface area contributed by atoms with Crippen LogP contribution in [0.4, 0.5) is 5.69 Å². The van der Waals surface area contributed by atoms with Crippen LogP contribution in [-0.4, -0.2) is 37.6 Å². The summed E-state index contributed by atoms with van der Waals surface area (Å²) in [6, 6.07) is 9.41. The lowest BCUT2D eigenvalue weighted by atomic mass is 10.1. The molecule has 2 atom stereocenters. The van der Waals surface area contributed by atoms with Crippen LogP contribution in [0.15, 0.2) is 24.3 Å². The fourth-order valence-corrected chi connectivity index (χ4v) is 2.27. The van der Waals surface area contributed by atoms with Crippen molar-refractivity contribution in [3.05, 3.63) is 29.8 Å². The number of nitrogens with zero attached hydrogens (tertiary/aromatic N) is 2. The van der Waals surface area contributed by atoms with E-state index in [1.807, 2.05) is 6.92 Å². The van der Waals surface area contributed by atoms with Crippen LogP contribution in [0.25, 0.3) is 0 Å². The highest BCUT2D eigenvalue weighted by molar-refractivity contribution is 5.48. The van der Waals surface area contributed by atoms with E-state index >= 15 is 0 Å². The van der Waals surface area contributed by atoms with Gasteiger partial charge in [0.15, 0.2) is 0 Å². The van der Waals surface area contributed by atoms with Gasteiger partial charge >= 0.3 is 0 Å². The molecule has 1 aliphatic rings. The van der Waals surface area contributed by atoms with Crippen molar-refractivity contribution >= 4 is 5.69 Å². The van der Waals surface area contributed by atoms with Gasteiger partial charge in [-0.15, -0.1) is 0 Å². The molecule has 0 aromatic heterocycles. The van der Waals surface area contributed by atoms with E-state index in [4.69, 9.17) is 5.73 Å². The van der Waals surface area contributed by atoms with Gasteiger partial charge in [0.05, 0.1) is 0 Å². The fourth-order valence-electron chi connectivity index (χ4n) is 2.27. The van der Waals surface area contributed by atoms with Crippen LogP contribution < -0.4 is 10.6 Å². The van der Waals surface area contributed by atoms with E-state index in [9.17, 15) is 0 Å². The first-order valence-corrected chi connectivity index (χ1v) is 6.38. The van der Waals surface area contributed by atoms with Crippen LogP contribution in [0, 0.1) is 0 Å². The fraction of sp³-hybridized carbons (Fsp3) is 0.571. The van der Waals surface area contributed by atoms with Gasteiger partial charge < -0.3 is 15.5 Å². The maximum Gasteiger partial charge on any atom is 0.0367 e. The van der Waals surface area contributed by atoms with Crippen molar-refractivity contribution < 1.29 is 0 Å². The van der Waals surface area contributed by atoms with Crippen molar-refractivity contribution in [2.45, 2.75) is 25.9 Å². The molecule has 2 N–H and O–H groups in total. The highest BCUT2D eigenvalue weighted by Gasteiger charge is 2.20. The molecule has 17 heavy (non-hydrogen) atoms. The SMILES string of the molecule is CC(N)c1ccc(N2CCN(C)C(C)C2)cc1. The molecule has 1 aromatic carbocycles. The predicted octanol–water partition coefficient (Wildman–Crippen LogP) is 1.85. The minimum absolute atomic E-state index is 0.121. The van der Waals surface area contributed by atoms with Crippen molar-refractivity contribution in [3.63, 3.8) is 0 Å². The topological polar surface area (TPSA) is 32.5 Å². The number of benzene rings is 1. The van der Waals surface area contributed by atoms with Gasteiger partial charge in [0.1, 0.15) is 0 Å². The first kappa shape index (κ1) is 12.4. The number of hydrogen-bond donors (Lipinski definition) is 1. The minimum Gasteiger partial charge on any atom is -0.369 e. The molecule has 0 radical (unpaired) electrons. The molecular formula is C14H23N3. The first-order chi connectivity index (χ1) is 8.08. The third-order valence-electron chi connectivity index (χ3n) is 3.74. The number of nitrogens with two attached hydrogens (primary N) is 1. The molecule has 0 spiro atoms. The maximum atomic E-state index is 5.86. The van der Waals surface area contributed by atoms with E-state index in [1.165, 1.54) is 11.3 Å². The van der Waals surface area contributed by atoms with Crippen LogP contribution >= 0.6 is 0 Å². The van der Waals surface area contributed by atoms with Crippen molar-refractivity contribution in [2.75, 3.05) is 31.6 Å². The second kappa shape index (κ2) is 5.07. The number of hydrogen-bond acceptors (Lipinski definition) is 3. The molecule has 0 saturated carbocycles. The molecule has 0 aliphatic carbocycles. The Hall–Kier alpha value is -1.06. The summed E-state index contributed by atoms with van der Waals surface area (Å²) in [5.41, 5.74) is 8.38. The third kappa shape index (κ3) is 2.79. The Morgan fingerprint density at radius 1 is 1.24 bits per heavy atom. The molecule has 1 aliphatic heterocycles. The predicted molar refractivity (Wildman–Crippen MR) is 73.3 cm³/mol. The quantitative estimate of drug-likeness (QED) is 0.846. The van der Waals surface area contributed by atoms with Crippen LogP contribution in [0.1, 0.15) is 25.5 Å². The minimum atomic E-state index is 0.121. The lowest BCUT2D eigenvalue weighted by molar-refractivity contribution is 0.234. The molecule has 0 bridgehead atoms. The lowest BCUT2D eigenvalue weighted by Gasteiger charge is -2.39. The Morgan fingerprint density at radius 3 is 2.41 bits per heavy atom. The van der Waals surface area contributed by atoms with E-state index in [-0.39, 0.29) is 6.04 Å². The van der Waals surface area contributed by atoms with Gasteiger partial charge in [-0.3, -0.25) is 0 Å². The number of anilines is 1. The van der Waals surface area contributed by atoms with E-state index in [0.29, 0.717) is 6.04 Å². The molecule has 2 unspecified atom stereocenters. The van der Waals surface area contributed by atoms with Gasteiger partial charge in [-0.2, -0.15) is 0 Å². The summed E-state index contributed by atoms with van der Waals surface area (Å²) in [5, 5.41) is 0. The third-order valence-corrected chi connectivity index (χ3v) is 3.74. The summed E-state index contributed by atoms with van der Waals surface area (Å²) in [5.74, 6) is 0. The van der Waals surface area contributed by atoms with E-state index in [2.05, 4.69) is 48.0 Å². The molecule has 1 saturated heterocycles. The summed E-state index contributed by atoms with van der Waals surface area (Å²) in [6.07, 6.45) is 0. The first-order valence-electron chi connectivity index (χ1n) is 6.38. The Balaban J connectivity index is 2.07. The van der Waals surface area contributed by atoms with Crippen molar-refractivity contribution in [2.24, 2.45) is 5.73 Å². The smallest absolute Gasteiger partial charge is 0.0367 e. The van der Waals surface area contributed by atoms with Gasteiger partial charge in [-0.25, -0.2) is 0 Å².